The van der Waals surface area contributed by atoms with Crippen molar-refractivity contribution in [2.45, 2.75) is 6.36 Å². The molecule has 0 aromatic heterocycles. The van der Waals surface area contributed by atoms with E-state index in [9.17, 15) is 21.6 Å². The molecule has 4 rings (SSSR count). The Morgan fingerprint density at radius 3 is 2.44 bits per heavy atom. The highest BCUT2D eigenvalue weighted by molar-refractivity contribution is 7.92. The van der Waals surface area contributed by atoms with Crippen LogP contribution in [-0.2, 0) is 10.0 Å². The number of aliphatic imine (C=N–C) groups is 1. The highest BCUT2D eigenvalue weighted by Gasteiger charge is 2.31. The van der Waals surface area contributed by atoms with E-state index < -0.39 is 22.1 Å². The third-order valence-corrected chi connectivity index (χ3v) is 4.99. The predicted octanol–water partition coefficient (Wildman–Crippen LogP) is 4.77. The zero-order valence-corrected chi connectivity index (χ0v) is 17.3. The number of sulfonamides is 1. The van der Waals surface area contributed by atoms with Gasteiger partial charge in [-0.3, -0.25) is 4.72 Å². The van der Waals surface area contributed by atoms with Crippen molar-refractivity contribution >= 4 is 27.2 Å². The number of ether oxygens (including phenoxy) is 2. The van der Waals surface area contributed by atoms with E-state index in [0.717, 1.165) is 18.4 Å². The van der Waals surface area contributed by atoms with Crippen LogP contribution in [0.1, 0.15) is 5.56 Å². The van der Waals surface area contributed by atoms with Gasteiger partial charge in [-0.05, 0) is 47.5 Å². The van der Waals surface area contributed by atoms with E-state index >= 15 is 0 Å². The van der Waals surface area contributed by atoms with Crippen LogP contribution in [0.25, 0.3) is 11.1 Å². The second kappa shape index (κ2) is 7.75. The number of fused-ring (bicyclic) bond motifs is 2. The van der Waals surface area contributed by atoms with Crippen molar-refractivity contribution in [3.05, 3.63) is 66.2 Å². The van der Waals surface area contributed by atoms with Gasteiger partial charge >= 0.3 is 6.36 Å². The Labute approximate surface area is 181 Å². The summed E-state index contributed by atoms with van der Waals surface area (Å²) in [4.78, 5) is 4.20. The van der Waals surface area contributed by atoms with E-state index in [2.05, 4.69) is 14.5 Å². The molecule has 7 nitrogen and oxygen atoms in total. The highest BCUT2D eigenvalue weighted by atomic mass is 32.2. The Morgan fingerprint density at radius 1 is 1.00 bits per heavy atom. The molecule has 0 unspecified atom stereocenters. The lowest BCUT2D eigenvalue weighted by molar-refractivity contribution is -0.274. The molecule has 0 bridgehead atoms. The molecule has 0 atom stereocenters. The molecule has 0 saturated carbocycles. The van der Waals surface area contributed by atoms with Gasteiger partial charge in [-0.15, -0.1) is 13.2 Å². The first-order chi connectivity index (χ1) is 15.0. The number of nitrogens with zero attached hydrogens (tertiary/aromatic N) is 1. The fourth-order valence-electron chi connectivity index (χ4n) is 3.15. The molecule has 3 N–H and O–H groups in total. The molecule has 0 saturated heterocycles. The maximum absolute atomic E-state index is 12.5. The summed E-state index contributed by atoms with van der Waals surface area (Å²) < 4.78 is 72.7. The van der Waals surface area contributed by atoms with E-state index in [-0.39, 0.29) is 17.3 Å². The van der Waals surface area contributed by atoms with Crippen molar-refractivity contribution in [2.75, 3.05) is 11.0 Å². The number of amidine groups is 1. The smallest absolute Gasteiger partial charge is 0.454 e. The van der Waals surface area contributed by atoms with E-state index in [0.29, 0.717) is 28.1 Å². The molecule has 1 aliphatic heterocycles. The zero-order chi connectivity index (χ0) is 23.1. The number of rotatable bonds is 4. The molecular weight excluding hydrogens is 447 g/mol. The first-order valence-corrected chi connectivity index (χ1v) is 11.0. The second-order valence-electron chi connectivity index (χ2n) is 6.94. The normalized spacial score (nSPS) is 13.2. The van der Waals surface area contributed by atoms with Gasteiger partial charge in [0, 0.05) is 11.8 Å². The van der Waals surface area contributed by atoms with Crippen molar-refractivity contribution in [2.24, 2.45) is 10.7 Å². The molecule has 3 aromatic carbocycles. The molecule has 32 heavy (non-hydrogen) atoms. The van der Waals surface area contributed by atoms with Crippen LogP contribution < -0.4 is 19.9 Å². The van der Waals surface area contributed by atoms with Gasteiger partial charge in [0.15, 0.2) is 5.75 Å². The van der Waals surface area contributed by atoms with Gasteiger partial charge in [-0.2, -0.15) is 0 Å². The fourth-order valence-corrected chi connectivity index (χ4v) is 3.71. The summed E-state index contributed by atoms with van der Waals surface area (Å²) in [7, 11) is -3.44. The van der Waals surface area contributed by atoms with E-state index in [4.69, 9.17) is 10.5 Å². The molecule has 166 valence electrons. The van der Waals surface area contributed by atoms with E-state index in [1.54, 1.807) is 42.5 Å². The van der Waals surface area contributed by atoms with Gasteiger partial charge in [-0.25, -0.2) is 13.4 Å². The summed E-state index contributed by atoms with van der Waals surface area (Å²) in [6.45, 7) is 0. The molecule has 0 spiro atoms. The van der Waals surface area contributed by atoms with Crippen molar-refractivity contribution in [3.63, 3.8) is 0 Å². The van der Waals surface area contributed by atoms with Gasteiger partial charge in [-0.1, -0.05) is 18.2 Å². The van der Waals surface area contributed by atoms with Crippen molar-refractivity contribution in [1.82, 2.24) is 0 Å². The quantitative estimate of drug-likeness (QED) is 0.580. The largest absolute Gasteiger partial charge is 0.573 e. The second-order valence-corrected chi connectivity index (χ2v) is 8.69. The molecule has 0 aliphatic carbocycles. The lowest BCUT2D eigenvalue weighted by Gasteiger charge is -2.12. The van der Waals surface area contributed by atoms with Crippen LogP contribution in [0, 0.1) is 0 Å². The van der Waals surface area contributed by atoms with Crippen molar-refractivity contribution < 1.29 is 31.1 Å². The first-order valence-electron chi connectivity index (χ1n) is 9.11. The molecule has 0 amide bonds. The van der Waals surface area contributed by atoms with Crippen LogP contribution in [0.15, 0.2) is 65.7 Å². The number of halogens is 3. The lowest BCUT2D eigenvalue weighted by Crippen LogP contribution is -2.17. The molecule has 3 aromatic rings. The SMILES string of the molecule is CS(=O)(=O)Nc1cccc(-c2ccc3c(c2)C(N)=Nc2cc(OC(F)(F)F)ccc2O3)c1. The van der Waals surface area contributed by atoms with Gasteiger partial charge < -0.3 is 15.2 Å². The van der Waals surface area contributed by atoms with E-state index in [1.165, 1.54) is 6.07 Å². The van der Waals surface area contributed by atoms with Crippen LogP contribution in [0.5, 0.6) is 17.2 Å². The number of nitrogens with two attached hydrogens (primary N) is 1. The van der Waals surface area contributed by atoms with Crippen LogP contribution >= 0.6 is 0 Å². The summed E-state index contributed by atoms with van der Waals surface area (Å²) in [6, 6.07) is 15.4. The highest BCUT2D eigenvalue weighted by Crippen LogP contribution is 2.41. The Bertz CT molecular complexity index is 1340. The van der Waals surface area contributed by atoms with Gasteiger partial charge in [0.05, 0.1) is 11.8 Å². The van der Waals surface area contributed by atoms with Crippen LogP contribution in [0.2, 0.25) is 0 Å². The molecule has 11 heteroatoms. The number of anilines is 1. The average Bonchev–Trinajstić information content (AvgIpc) is 2.81. The lowest BCUT2D eigenvalue weighted by atomic mass is 10.0. The zero-order valence-electron chi connectivity index (χ0n) is 16.5. The minimum atomic E-state index is -4.84. The summed E-state index contributed by atoms with van der Waals surface area (Å²) in [5.41, 5.74) is 8.43. The van der Waals surface area contributed by atoms with Crippen molar-refractivity contribution in [1.29, 1.82) is 0 Å². The number of hydrogen-bond acceptors (Lipinski definition) is 6. The van der Waals surface area contributed by atoms with Crippen LogP contribution in [0.3, 0.4) is 0 Å². The van der Waals surface area contributed by atoms with E-state index in [1.807, 2.05) is 0 Å². The summed E-state index contributed by atoms with van der Waals surface area (Å²) in [6.07, 6.45) is -3.78. The summed E-state index contributed by atoms with van der Waals surface area (Å²) in [5, 5.41) is 0. The molecular formula is C21H16F3N3O4S. The maximum Gasteiger partial charge on any atom is 0.573 e. The first kappa shape index (κ1) is 21.5. The minimum absolute atomic E-state index is 0.0372. The molecule has 1 aliphatic rings. The van der Waals surface area contributed by atoms with Crippen molar-refractivity contribution in [3.8, 4) is 28.4 Å². The Hall–Kier alpha value is -3.73. The average molecular weight is 463 g/mol. The summed E-state index contributed by atoms with van der Waals surface area (Å²) in [5.74, 6) is 0.172. The fraction of sp³-hybridized carbons (Fsp3) is 0.0952. The van der Waals surface area contributed by atoms with Crippen LogP contribution in [-0.4, -0.2) is 26.9 Å². The molecule has 0 radical (unpaired) electrons. The Morgan fingerprint density at radius 2 is 1.72 bits per heavy atom. The van der Waals surface area contributed by atoms with Crippen LogP contribution in [0.4, 0.5) is 24.5 Å². The third-order valence-electron chi connectivity index (χ3n) is 4.38. The Kier molecular flexibility index (Phi) is 5.21. The van der Waals surface area contributed by atoms with Gasteiger partial charge in [0.2, 0.25) is 10.0 Å². The monoisotopic (exact) mass is 463 g/mol. The standard InChI is InChI=1S/C21H16F3N3O4S/c1-32(28,29)27-14-4-2-3-12(9-14)13-5-7-18-16(10-13)20(25)26-17-11-15(31-21(22,23)24)6-8-19(17)30-18/h2-11,27H,1H3,(H2,25,26). The van der Waals surface area contributed by atoms with Gasteiger partial charge in [0.25, 0.3) is 0 Å². The number of hydrogen-bond donors (Lipinski definition) is 2. The predicted molar refractivity (Wildman–Crippen MR) is 114 cm³/mol. The third kappa shape index (κ3) is 4.94. The van der Waals surface area contributed by atoms with Gasteiger partial charge in [0.1, 0.15) is 23.0 Å². The molecule has 1 heterocycles. The maximum atomic E-state index is 12.5. The number of nitrogens with one attached hydrogen (secondary N) is 1. The minimum Gasteiger partial charge on any atom is -0.454 e. The molecule has 0 fully saturated rings. The summed E-state index contributed by atoms with van der Waals surface area (Å²) >= 11 is 0. The number of benzene rings is 3. The Balaban J connectivity index is 1.70. The number of alkyl halides is 3. The topological polar surface area (TPSA) is 103 Å².